The van der Waals surface area contributed by atoms with Crippen LogP contribution in [0.25, 0.3) is 0 Å². The maximum atomic E-state index is 5.72. The monoisotopic (exact) mass is 236 g/mol. The van der Waals surface area contributed by atoms with Crippen molar-refractivity contribution in [2.45, 2.75) is 57.7 Å². The van der Waals surface area contributed by atoms with Crippen LogP contribution < -0.4 is 10.2 Å². The molecule has 17 heavy (non-hydrogen) atoms. The van der Waals surface area contributed by atoms with Crippen LogP contribution in [-0.2, 0) is 6.54 Å². The molecular formula is C12H20N4O. The van der Waals surface area contributed by atoms with Gasteiger partial charge in [-0.2, -0.15) is 0 Å². The summed E-state index contributed by atoms with van der Waals surface area (Å²) in [4.78, 5) is 2.26. The van der Waals surface area contributed by atoms with Crippen LogP contribution in [0, 0.1) is 0 Å². The second kappa shape index (κ2) is 4.64. The number of aromatic nitrogens is 2. The third kappa shape index (κ3) is 2.44. The van der Waals surface area contributed by atoms with Crippen molar-refractivity contribution >= 4 is 6.01 Å². The van der Waals surface area contributed by atoms with Crippen LogP contribution in [0.2, 0.25) is 0 Å². The Morgan fingerprint density at radius 2 is 2.24 bits per heavy atom. The van der Waals surface area contributed by atoms with E-state index in [4.69, 9.17) is 4.42 Å². The van der Waals surface area contributed by atoms with E-state index in [2.05, 4.69) is 27.3 Å². The molecule has 3 rings (SSSR count). The minimum Gasteiger partial charge on any atom is -0.407 e. The minimum atomic E-state index is 0.583. The summed E-state index contributed by atoms with van der Waals surface area (Å²) in [5.74, 6) is 0.716. The molecule has 1 saturated heterocycles. The van der Waals surface area contributed by atoms with Gasteiger partial charge in [-0.05, 0) is 32.1 Å². The number of nitrogens with one attached hydrogen (secondary N) is 1. The van der Waals surface area contributed by atoms with Crippen molar-refractivity contribution in [3.8, 4) is 0 Å². The molecule has 0 bridgehead atoms. The summed E-state index contributed by atoms with van der Waals surface area (Å²) in [7, 11) is 0. The summed E-state index contributed by atoms with van der Waals surface area (Å²) in [6, 6.07) is 1.97. The standard InChI is InChI=1S/C12H20N4O/c1-2-10-4-3-7-16(10)12-15-14-11(17-12)8-13-9-5-6-9/h9-10,13H,2-8H2,1H3. The van der Waals surface area contributed by atoms with Gasteiger partial charge in [-0.15, -0.1) is 5.10 Å². The highest BCUT2D eigenvalue weighted by Crippen LogP contribution is 2.26. The highest BCUT2D eigenvalue weighted by atomic mass is 16.4. The van der Waals surface area contributed by atoms with Crippen LogP contribution >= 0.6 is 0 Å². The minimum absolute atomic E-state index is 0.583. The molecule has 0 amide bonds. The van der Waals surface area contributed by atoms with E-state index in [1.807, 2.05) is 0 Å². The maximum Gasteiger partial charge on any atom is 0.318 e. The largest absolute Gasteiger partial charge is 0.407 e. The van der Waals surface area contributed by atoms with Crippen molar-refractivity contribution in [1.29, 1.82) is 0 Å². The molecule has 0 aromatic carbocycles. The molecule has 1 atom stereocenters. The molecule has 94 valence electrons. The van der Waals surface area contributed by atoms with E-state index in [-0.39, 0.29) is 0 Å². The van der Waals surface area contributed by atoms with Crippen LogP contribution in [0.15, 0.2) is 4.42 Å². The van der Waals surface area contributed by atoms with E-state index >= 15 is 0 Å². The van der Waals surface area contributed by atoms with Crippen molar-refractivity contribution in [1.82, 2.24) is 15.5 Å². The summed E-state index contributed by atoms with van der Waals surface area (Å²) in [6.07, 6.45) is 6.19. The second-order valence-electron chi connectivity index (χ2n) is 5.03. The molecule has 2 aliphatic rings. The van der Waals surface area contributed by atoms with E-state index in [0.717, 1.165) is 13.0 Å². The van der Waals surface area contributed by atoms with E-state index in [0.29, 0.717) is 30.5 Å². The van der Waals surface area contributed by atoms with Crippen molar-refractivity contribution in [3.63, 3.8) is 0 Å². The topological polar surface area (TPSA) is 54.2 Å². The van der Waals surface area contributed by atoms with Gasteiger partial charge < -0.3 is 14.6 Å². The van der Waals surface area contributed by atoms with Crippen molar-refractivity contribution < 1.29 is 4.42 Å². The van der Waals surface area contributed by atoms with Gasteiger partial charge in [0.05, 0.1) is 6.54 Å². The first kappa shape index (κ1) is 11.0. The SMILES string of the molecule is CCC1CCCN1c1nnc(CNC2CC2)o1. The predicted molar refractivity (Wildman–Crippen MR) is 64.8 cm³/mol. The first-order valence-electron chi connectivity index (χ1n) is 6.69. The van der Waals surface area contributed by atoms with Gasteiger partial charge in [-0.25, -0.2) is 0 Å². The van der Waals surface area contributed by atoms with Crippen LogP contribution in [0.5, 0.6) is 0 Å². The molecule has 1 saturated carbocycles. The van der Waals surface area contributed by atoms with Gasteiger partial charge >= 0.3 is 6.01 Å². The predicted octanol–water partition coefficient (Wildman–Crippen LogP) is 1.70. The van der Waals surface area contributed by atoms with Crippen LogP contribution in [-0.4, -0.2) is 28.8 Å². The summed E-state index contributed by atoms with van der Waals surface area (Å²) in [6.45, 7) is 3.98. The quantitative estimate of drug-likeness (QED) is 0.843. The third-order valence-electron chi connectivity index (χ3n) is 3.67. The summed E-state index contributed by atoms with van der Waals surface area (Å²) in [5, 5.41) is 11.7. The first-order chi connectivity index (χ1) is 8.36. The van der Waals surface area contributed by atoms with E-state index in [1.54, 1.807) is 0 Å². The van der Waals surface area contributed by atoms with Gasteiger partial charge in [0, 0.05) is 18.6 Å². The lowest BCUT2D eigenvalue weighted by Gasteiger charge is -2.20. The zero-order valence-corrected chi connectivity index (χ0v) is 10.4. The molecule has 5 heteroatoms. The molecule has 0 radical (unpaired) electrons. The fourth-order valence-electron chi connectivity index (χ4n) is 2.46. The molecule has 1 aromatic rings. The van der Waals surface area contributed by atoms with Crippen LogP contribution in [0.3, 0.4) is 0 Å². The number of rotatable bonds is 5. The Balaban J connectivity index is 1.62. The van der Waals surface area contributed by atoms with Gasteiger partial charge in [0.2, 0.25) is 5.89 Å². The van der Waals surface area contributed by atoms with Crippen LogP contribution in [0.1, 0.15) is 44.9 Å². The summed E-state index contributed by atoms with van der Waals surface area (Å²) >= 11 is 0. The van der Waals surface area contributed by atoms with E-state index in [9.17, 15) is 0 Å². The van der Waals surface area contributed by atoms with Gasteiger partial charge in [-0.3, -0.25) is 0 Å². The first-order valence-corrected chi connectivity index (χ1v) is 6.69. The molecule has 0 spiro atoms. The highest BCUT2D eigenvalue weighted by Gasteiger charge is 2.27. The van der Waals surface area contributed by atoms with E-state index in [1.165, 1.54) is 25.7 Å². The lowest BCUT2D eigenvalue weighted by Crippen LogP contribution is -2.28. The normalized spacial score (nSPS) is 24.5. The number of anilines is 1. The Hall–Kier alpha value is -1.10. The van der Waals surface area contributed by atoms with Crippen molar-refractivity contribution in [3.05, 3.63) is 5.89 Å². The fourth-order valence-corrected chi connectivity index (χ4v) is 2.46. The van der Waals surface area contributed by atoms with Gasteiger partial charge in [0.25, 0.3) is 0 Å². The third-order valence-corrected chi connectivity index (χ3v) is 3.67. The molecule has 1 aromatic heterocycles. The average molecular weight is 236 g/mol. The Morgan fingerprint density at radius 3 is 3.00 bits per heavy atom. The van der Waals surface area contributed by atoms with Gasteiger partial charge in [0.15, 0.2) is 0 Å². The molecule has 5 nitrogen and oxygen atoms in total. The summed E-state index contributed by atoms with van der Waals surface area (Å²) in [5.41, 5.74) is 0. The molecule has 2 heterocycles. The molecule has 1 aliphatic carbocycles. The molecule has 1 N–H and O–H groups in total. The van der Waals surface area contributed by atoms with Crippen molar-refractivity contribution in [2.24, 2.45) is 0 Å². The molecule has 1 aliphatic heterocycles. The highest BCUT2D eigenvalue weighted by molar-refractivity contribution is 5.28. The Labute approximate surface area is 102 Å². The number of hydrogen-bond donors (Lipinski definition) is 1. The lowest BCUT2D eigenvalue weighted by molar-refractivity contribution is 0.454. The Kier molecular flexibility index (Phi) is 3.01. The number of nitrogens with zero attached hydrogens (tertiary/aromatic N) is 3. The van der Waals surface area contributed by atoms with Crippen molar-refractivity contribution in [2.75, 3.05) is 11.4 Å². The lowest BCUT2D eigenvalue weighted by atomic mass is 10.2. The fraction of sp³-hybridized carbons (Fsp3) is 0.833. The molecule has 2 fully saturated rings. The average Bonchev–Trinajstić information content (AvgIpc) is 2.89. The van der Waals surface area contributed by atoms with Crippen LogP contribution in [0.4, 0.5) is 6.01 Å². The zero-order valence-electron chi connectivity index (χ0n) is 10.4. The summed E-state index contributed by atoms with van der Waals surface area (Å²) < 4.78 is 5.72. The zero-order chi connectivity index (χ0) is 11.7. The maximum absolute atomic E-state index is 5.72. The molecular weight excluding hydrogens is 216 g/mol. The van der Waals surface area contributed by atoms with Gasteiger partial charge in [-0.1, -0.05) is 12.0 Å². The van der Waals surface area contributed by atoms with Gasteiger partial charge in [0.1, 0.15) is 0 Å². The van der Waals surface area contributed by atoms with E-state index < -0.39 is 0 Å². The Bertz CT molecular complexity index is 374. The Morgan fingerprint density at radius 1 is 1.35 bits per heavy atom. The second-order valence-corrected chi connectivity index (χ2v) is 5.03. The number of hydrogen-bond acceptors (Lipinski definition) is 5. The smallest absolute Gasteiger partial charge is 0.318 e. The molecule has 1 unspecified atom stereocenters.